The van der Waals surface area contributed by atoms with Crippen molar-refractivity contribution in [2.75, 3.05) is 6.54 Å². The monoisotopic (exact) mass is 355 g/mol. The van der Waals surface area contributed by atoms with Gasteiger partial charge in [-0.2, -0.15) is 5.10 Å². The number of hydrogen-bond acceptors (Lipinski definition) is 4. The lowest BCUT2D eigenvalue weighted by molar-refractivity contribution is 0.255. The number of aryl methyl sites for hydroxylation is 1. The first kappa shape index (κ1) is 16.3. The van der Waals surface area contributed by atoms with Crippen LogP contribution in [0, 0.1) is 0 Å². The minimum Gasteiger partial charge on any atom is -0.489 e. The lowest BCUT2D eigenvalue weighted by Gasteiger charge is -2.09. The van der Waals surface area contributed by atoms with E-state index in [0.29, 0.717) is 23.6 Å². The van der Waals surface area contributed by atoms with Gasteiger partial charge in [-0.25, -0.2) is 13.1 Å². The van der Waals surface area contributed by atoms with Crippen molar-refractivity contribution >= 4 is 21.6 Å². The summed E-state index contributed by atoms with van der Waals surface area (Å²) < 4.78 is 34.7. The fraction of sp³-hybridized carbons (Fsp3) is 0.400. The Bertz CT molecular complexity index is 832. The number of nitrogens with zero attached hydrogens (tertiary/aromatic N) is 2. The molecule has 2 aromatic rings. The van der Waals surface area contributed by atoms with Crippen molar-refractivity contribution < 1.29 is 13.2 Å². The number of aromatic nitrogens is 2. The van der Waals surface area contributed by atoms with Gasteiger partial charge in [-0.1, -0.05) is 11.6 Å². The van der Waals surface area contributed by atoms with Crippen LogP contribution in [0.2, 0.25) is 5.02 Å². The zero-order valence-corrected chi connectivity index (χ0v) is 14.5. The van der Waals surface area contributed by atoms with Crippen LogP contribution in [0.1, 0.15) is 18.2 Å². The average molecular weight is 356 g/mol. The van der Waals surface area contributed by atoms with Crippen molar-refractivity contribution in [3.8, 4) is 5.75 Å². The van der Waals surface area contributed by atoms with E-state index < -0.39 is 10.0 Å². The number of hydrogen-bond donors (Lipinski definition) is 1. The fourth-order valence-electron chi connectivity index (χ4n) is 2.61. The zero-order chi connectivity index (χ0) is 16.6. The molecule has 0 aliphatic carbocycles. The molecule has 8 heteroatoms. The van der Waals surface area contributed by atoms with Crippen LogP contribution in [0.15, 0.2) is 29.3 Å². The van der Waals surface area contributed by atoms with E-state index in [2.05, 4.69) is 9.82 Å². The Balaban J connectivity index is 1.72. The summed E-state index contributed by atoms with van der Waals surface area (Å²) in [6.07, 6.45) is 3.02. The van der Waals surface area contributed by atoms with Gasteiger partial charge in [0.05, 0.1) is 15.6 Å². The third kappa shape index (κ3) is 3.52. The molecule has 1 aromatic heterocycles. The van der Waals surface area contributed by atoms with E-state index in [-0.39, 0.29) is 17.5 Å². The summed E-state index contributed by atoms with van der Waals surface area (Å²) in [5.41, 5.74) is 1.67. The number of ether oxygens (including phenoxy) is 1. The molecular weight excluding hydrogens is 338 g/mol. The Hall–Kier alpha value is -1.57. The third-order valence-electron chi connectivity index (χ3n) is 3.67. The van der Waals surface area contributed by atoms with Gasteiger partial charge in [0, 0.05) is 38.2 Å². The topological polar surface area (TPSA) is 73.2 Å². The van der Waals surface area contributed by atoms with Gasteiger partial charge in [0.25, 0.3) is 0 Å². The Labute approximate surface area is 140 Å². The summed E-state index contributed by atoms with van der Waals surface area (Å²) in [7, 11) is -1.79. The van der Waals surface area contributed by atoms with Crippen LogP contribution in [-0.4, -0.2) is 30.8 Å². The smallest absolute Gasteiger partial charge is 0.240 e. The minimum absolute atomic E-state index is 0.0116. The zero-order valence-electron chi connectivity index (χ0n) is 12.9. The summed E-state index contributed by atoms with van der Waals surface area (Å²) in [5.74, 6) is 0.589. The molecular formula is C15H18ClN3O3S. The summed E-state index contributed by atoms with van der Waals surface area (Å²) in [5, 5.41) is 4.55. The van der Waals surface area contributed by atoms with Crippen LogP contribution in [0.25, 0.3) is 0 Å². The summed E-state index contributed by atoms with van der Waals surface area (Å²) in [6.45, 7) is 2.20. The highest BCUT2D eigenvalue weighted by atomic mass is 35.5. The number of nitrogens with one attached hydrogen (secondary N) is 1. The predicted octanol–water partition coefficient (Wildman–Crippen LogP) is 1.92. The van der Waals surface area contributed by atoms with Gasteiger partial charge in [-0.3, -0.25) is 4.68 Å². The summed E-state index contributed by atoms with van der Waals surface area (Å²) >= 11 is 6.15. The average Bonchev–Trinajstić information content (AvgIpc) is 3.04. The molecule has 0 saturated carbocycles. The van der Waals surface area contributed by atoms with Gasteiger partial charge in [0.2, 0.25) is 10.0 Å². The number of sulfonamides is 1. The number of halogens is 1. The van der Waals surface area contributed by atoms with Crippen LogP contribution >= 0.6 is 11.6 Å². The first-order valence-corrected chi connectivity index (χ1v) is 9.18. The molecule has 0 bridgehead atoms. The Morgan fingerprint density at radius 1 is 1.48 bits per heavy atom. The molecule has 3 rings (SSSR count). The Kier molecular flexibility index (Phi) is 4.35. The van der Waals surface area contributed by atoms with Gasteiger partial charge in [0.1, 0.15) is 11.9 Å². The SMILES string of the molecule is CC1Cc2cc(S(=O)(=O)NCCc3ccn(C)n3)cc(Cl)c2O1. The van der Waals surface area contributed by atoms with Crippen LogP contribution in [0.3, 0.4) is 0 Å². The molecule has 1 unspecified atom stereocenters. The van der Waals surface area contributed by atoms with E-state index in [1.54, 1.807) is 10.7 Å². The molecule has 1 atom stereocenters. The molecule has 6 nitrogen and oxygen atoms in total. The molecule has 0 fully saturated rings. The molecule has 124 valence electrons. The van der Waals surface area contributed by atoms with Gasteiger partial charge < -0.3 is 4.74 Å². The first-order valence-electron chi connectivity index (χ1n) is 7.32. The van der Waals surface area contributed by atoms with Crippen LogP contribution < -0.4 is 9.46 Å². The quantitative estimate of drug-likeness (QED) is 0.889. The second-order valence-electron chi connectivity index (χ2n) is 5.65. The maximum Gasteiger partial charge on any atom is 0.240 e. The largest absolute Gasteiger partial charge is 0.489 e. The number of benzene rings is 1. The molecule has 2 heterocycles. The van der Waals surface area contributed by atoms with Crippen LogP contribution in [-0.2, 0) is 29.9 Å². The van der Waals surface area contributed by atoms with E-state index in [1.807, 2.05) is 26.2 Å². The second-order valence-corrected chi connectivity index (χ2v) is 7.83. The highest BCUT2D eigenvalue weighted by molar-refractivity contribution is 7.89. The predicted molar refractivity (Wildman–Crippen MR) is 87.3 cm³/mol. The number of fused-ring (bicyclic) bond motifs is 1. The third-order valence-corrected chi connectivity index (χ3v) is 5.39. The molecule has 1 N–H and O–H groups in total. The lowest BCUT2D eigenvalue weighted by atomic mass is 10.1. The van der Waals surface area contributed by atoms with E-state index >= 15 is 0 Å². The van der Waals surface area contributed by atoms with Crippen LogP contribution in [0.4, 0.5) is 0 Å². The van der Waals surface area contributed by atoms with Gasteiger partial charge >= 0.3 is 0 Å². The van der Waals surface area contributed by atoms with Gasteiger partial charge in [-0.05, 0) is 25.1 Å². The second kappa shape index (κ2) is 6.14. The van der Waals surface area contributed by atoms with Crippen molar-refractivity contribution in [1.29, 1.82) is 0 Å². The highest BCUT2D eigenvalue weighted by Gasteiger charge is 2.25. The van der Waals surface area contributed by atoms with E-state index in [4.69, 9.17) is 16.3 Å². The van der Waals surface area contributed by atoms with Gasteiger partial charge in [-0.15, -0.1) is 0 Å². The van der Waals surface area contributed by atoms with Crippen molar-refractivity contribution in [2.24, 2.45) is 7.05 Å². The minimum atomic E-state index is -3.61. The first-order chi connectivity index (χ1) is 10.8. The summed E-state index contributed by atoms with van der Waals surface area (Å²) in [6, 6.07) is 4.93. The lowest BCUT2D eigenvalue weighted by Crippen LogP contribution is -2.26. The molecule has 0 saturated heterocycles. The van der Waals surface area contributed by atoms with Crippen molar-refractivity contribution in [2.45, 2.75) is 30.8 Å². The van der Waals surface area contributed by atoms with Crippen LogP contribution in [0.5, 0.6) is 5.75 Å². The van der Waals surface area contributed by atoms with Gasteiger partial charge in [0.15, 0.2) is 0 Å². The van der Waals surface area contributed by atoms with E-state index in [0.717, 1.165) is 11.3 Å². The van der Waals surface area contributed by atoms with Crippen molar-refractivity contribution in [3.05, 3.63) is 40.7 Å². The molecule has 1 aromatic carbocycles. The molecule has 1 aliphatic rings. The standard InChI is InChI=1S/C15H18ClN3O3S/c1-10-7-11-8-13(9-14(16)15(11)22-10)23(20,21)17-5-3-12-4-6-19(2)18-12/h4,6,8-10,17H,3,5,7H2,1-2H3. The molecule has 1 aliphatic heterocycles. The van der Waals surface area contributed by atoms with Crippen molar-refractivity contribution in [1.82, 2.24) is 14.5 Å². The maximum atomic E-state index is 12.4. The molecule has 0 radical (unpaired) electrons. The fourth-order valence-corrected chi connectivity index (χ4v) is 4.06. The van der Waals surface area contributed by atoms with E-state index in [1.165, 1.54) is 6.07 Å². The maximum absolute atomic E-state index is 12.4. The Morgan fingerprint density at radius 3 is 2.96 bits per heavy atom. The number of rotatable bonds is 5. The van der Waals surface area contributed by atoms with E-state index in [9.17, 15) is 8.42 Å². The highest BCUT2D eigenvalue weighted by Crippen LogP contribution is 2.37. The summed E-state index contributed by atoms with van der Waals surface area (Å²) in [4.78, 5) is 0.167. The molecule has 0 amide bonds. The molecule has 23 heavy (non-hydrogen) atoms. The normalized spacial score (nSPS) is 17.1. The Morgan fingerprint density at radius 2 is 2.26 bits per heavy atom. The van der Waals surface area contributed by atoms with Crippen molar-refractivity contribution in [3.63, 3.8) is 0 Å². The molecule has 0 spiro atoms.